The smallest absolute Gasteiger partial charge is 0.303 e. The first-order valence-corrected chi connectivity index (χ1v) is 9.30. The molecule has 2 fully saturated rings. The van der Waals surface area contributed by atoms with Crippen LogP contribution in [0, 0.1) is 0 Å². The third-order valence-corrected chi connectivity index (χ3v) is 4.24. The van der Waals surface area contributed by atoms with Crippen LogP contribution in [0.25, 0.3) is 0 Å². The Hall–Kier alpha value is -2.28. The van der Waals surface area contributed by atoms with Crippen molar-refractivity contribution in [3.8, 4) is 0 Å². The second-order valence-corrected chi connectivity index (χ2v) is 6.80. The average Bonchev–Trinajstić information content (AvgIpc) is 3.40. The van der Waals surface area contributed by atoms with E-state index in [1.54, 1.807) is 0 Å². The van der Waals surface area contributed by atoms with Crippen molar-refractivity contribution in [2.75, 3.05) is 19.8 Å². The molecule has 30 heavy (non-hydrogen) atoms. The van der Waals surface area contributed by atoms with E-state index < -0.39 is 54.6 Å². The zero-order chi connectivity index (χ0) is 22.4. The summed E-state index contributed by atoms with van der Waals surface area (Å²) in [5, 5.41) is 9.07. The van der Waals surface area contributed by atoms with Crippen LogP contribution in [0.3, 0.4) is 0 Å². The maximum absolute atomic E-state index is 11.7. The van der Waals surface area contributed by atoms with Gasteiger partial charge in [-0.1, -0.05) is 0 Å². The molecule has 12 nitrogen and oxygen atoms in total. The Kier molecular flexibility index (Phi) is 8.53. The quantitative estimate of drug-likeness (QED) is 0.264. The largest absolute Gasteiger partial charge is 0.463 e. The molecule has 0 aromatic carbocycles. The van der Waals surface area contributed by atoms with E-state index in [9.17, 15) is 19.2 Å². The zero-order valence-electron chi connectivity index (χ0n) is 17.1. The number of esters is 4. The summed E-state index contributed by atoms with van der Waals surface area (Å²) in [6.07, 6.45) is -6.91. The van der Waals surface area contributed by atoms with Gasteiger partial charge in [0.25, 0.3) is 0 Å². The lowest BCUT2D eigenvalue weighted by Gasteiger charge is -2.44. The Bertz CT molecular complexity index is 649. The Morgan fingerprint density at radius 3 is 1.77 bits per heavy atom. The van der Waals surface area contributed by atoms with Gasteiger partial charge in [-0.05, 0) is 0 Å². The first kappa shape index (κ1) is 24.0. The Morgan fingerprint density at radius 2 is 1.27 bits per heavy atom. The second-order valence-electron chi connectivity index (χ2n) is 6.80. The molecule has 0 amide bonds. The SMILES string of the molecule is CC(=O)OC[C@H]1O[C@H](OC[C@H]2O[C@H]2CO)[C@H](OC(C)=O)[C@@H](OC(C)=O)[C@@H]1OC(C)=O. The Balaban J connectivity index is 2.27. The lowest BCUT2D eigenvalue weighted by molar-refractivity contribution is -0.308. The van der Waals surface area contributed by atoms with Crippen LogP contribution >= 0.6 is 0 Å². The summed E-state index contributed by atoms with van der Waals surface area (Å²) in [5.41, 5.74) is 0. The maximum Gasteiger partial charge on any atom is 0.303 e. The second kappa shape index (κ2) is 10.7. The molecule has 0 radical (unpaired) electrons. The highest BCUT2D eigenvalue weighted by Gasteiger charge is 2.53. The number of ether oxygens (including phenoxy) is 7. The lowest BCUT2D eigenvalue weighted by atomic mass is 9.98. The Morgan fingerprint density at radius 1 is 0.700 bits per heavy atom. The van der Waals surface area contributed by atoms with Gasteiger partial charge in [0.2, 0.25) is 0 Å². The minimum atomic E-state index is -1.29. The van der Waals surface area contributed by atoms with Crippen molar-refractivity contribution in [3.05, 3.63) is 0 Å². The predicted molar refractivity (Wildman–Crippen MR) is 93.7 cm³/mol. The molecule has 0 bridgehead atoms. The van der Waals surface area contributed by atoms with Crippen LogP contribution < -0.4 is 0 Å². The zero-order valence-corrected chi connectivity index (χ0v) is 17.1. The maximum atomic E-state index is 11.7. The highest BCUT2D eigenvalue weighted by Crippen LogP contribution is 2.31. The van der Waals surface area contributed by atoms with E-state index in [1.807, 2.05) is 0 Å². The number of hydrogen-bond donors (Lipinski definition) is 1. The van der Waals surface area contributed by atoms with Crippen molar-refractivity contribution in [1.29, 1.82) is 0 Å². The van der Waals surface area contributed by atoms with Gasteiger partial charge in [-0.3, -0.25) is 19.2 Å². The molecule has 1 N–H and O–H groups in total. The fourth-order valence-electron chi connectivity index (χ4n) is 3.00. The van der Waals surface area contributed by atoms with Crippen LogP contribution in [-0.4, -0.2) is 91.7 Å². The molecule has 2 saturated heterocycles. The van der Waals surface area contributed by atoms with Gasteiger partial charge < -0.3 is 38.3 Å². The normalized spacial score (nSPS) is 32.6. The number of hydrogen-bond acceptors (Lipinski definition) is 12. The van der Waals surface area contributed by atoms with E-state index in [1.165, 1.54) is 6.92 Å². The highest BCUT2D eigenvalue weighted by molar-refractivity contribution is 5.68. The number of rotatable bonds is 9. The molecule has 0 saturated carbocycles. The number of carbonyl (C=O) groups is 4. The molecule has 2 rings (SSSR count). The predicted octanol–water partition coefficient (Wildman–Crippen LogP) is -1.15. The fourth-order valence-corrected chi connectivity index (χ4v) is 3.00. The molecule has 0 aromatic heterocycles. The standard InChI is InChI=1S/C18H26O12/c1-8(20)24-7-14-15(26-9(2)21)16(27-10(3)22)17(28-11(4)23)18(30-14)25-6-13-12(5-19)29-13/h12-19H,5-7H2,1-4H3/t12-,13+,14+,15+,16-,17+,18-/m0/s1. The summed E-state index contributed by atoms with van der Waals surface area (Å²) in [6, 6.07) is 0. The van der Waals surface area contributed by atoms with Crippen molar-refractivity contribution in [2.45, 2.75) is 70.6 Å². The third kappa shape index (κ3) is 6.90. The van der Waals surface area contributed by atoms with Crippen LogP contribution in [0.1, 0.15) is 27.7 Å². The van der Waals surface area contributed by atoms with Crippen molar-refractivity contribution in [1.82, 2.24) is 0 Å². The molecule has 0 aliphatic carbocycles. The van der Waals surface area contributed by atoms with Gasteiger partial charge in [0.15, 0.2) is 24.6 Å². The minimum Gasteiger partial charge on any atom is -0.463 e. The summed E-state index contributed by atoms with van der Waals surface area (Å²) in [4.78, 5) is 46.2. The molecule has 0 unspecified atom stereocenters. The van der Waals surface area contributed by atoms with Crippen molar-refractivity contribution in [3.63, 3.8) is 0 Å². The van der Waals surface area contributed by atoms with Gasteiger partial charge in [-0.15, -0.1) is 0 Å². The first-order valence-electron chi connectivity index (χ1n) is 9.30. The molecule has 7 atom stereocenters. The Labute approximate surface area is 172 Å². The van der Waals surface area contributed by atoms with Crippen LogP contribution in [0.15, 0.2) is 0 Å². The highest BCUT2D eigenvalue weighted by atomic mass is 16.7. The number of aliphatic hydroxyl groups is 1. The first-order chi connectivity index (χ1) is 14.1. The van der Waals surface area contributed by atoms with Crippen LogP contribution in [0.4, 0.5) is 0 Å². The van der Waals surface area contributed by atoms with Crippen molar-refractivity contribution in [2.24, 2.45) is 0 Å². The molecule has 0 spiro atoms. The molecule has 2 aliphatic heterocycles. The number of carbonyl (C=O) groups excluding carboxylic acids is 4. The van der Waals surface area contributed by atoms with Crippen LogP contribution in [0.2, 0.25) is 0 Å². The van der Waals surface area contributed by atoms with E-state index in [2.05, 4.69) is 0 Å². The van der Waals surface area contributed by atoms with Gasteiger partial charge >= 0.3 is 23.9 Å². The lowest BCUT2D eigenvalue weighted by Crippen LogP contribution is -2.63. The van der Waals surface area contributed by atoms with Gasteiger partial charge in [-0.25, -0.2) is 0 Å². The summed E-state index contributed by atoms with van der Waals surface area (Å²) >= 11 is 0. The average molecular weight is 434 g/mol. The molecular formula is C18H26O12. The molecule has 2 heterocycles. The summed E-state index contributed by atoms with van der Waals surface area (Å²) in [5.74, 6) is -2.77. The van der Waals surface area contributed by atoms with Gasteiger partial charge in [0, 0.05) is 27.7 Å². The van der Waals surface area contributed by atoms with Gasteiger partial charge in [0.05, 0.1) is 13.2 Å². The monoisotopic (exact) mass is 434 g/mol. The number of epoxide rings is 1. The number of aliphatic hydroxyl groups excluding tert-OH is 1. The molecule has 12 heteroatoms. The summed E-state index contributed by atoms with van der Waals surface area (Å²) in [6.45, 7) is 4.05. The fraction of sp³-hybridized carbons (Fsp3) is 0.778. The third-order valence-electron chi connectivity index (χ3n) is 4.24. The molecular weight excluding hydrogens is 408 g/mol. The van der Waals surface area contributed by atoms with Crippen LogP contribution in [0.5, 0.6) is 0 Å². The minimum absolute atomic E-state index is 0.0149. The van der Waals surface area contributed by atoms with Gasteiger partial charge in [0.1, 0.15) is 24.9 Å². The molecule has 0 aromatic rings. The topological polar surface area (TPSA) is 156 Å². The van der Waals surface area contributed by atoms with E-state index in [0.29, 0.717) is 0 Å². The summed E-state index contributed by atoms with van der Waals surface area (Å²) in [7, 11) is 0. The van der Waals surface area contributed by atoms with Crippen LogP contribution in [-0.2, 0) is 52.3 Å². The molecule has 170 valence electrons. The van der Waals surface area contributed by atoms with E-state index in [4.69, 9.17) is 38.3 Å². The van der Waals surface area contributed by atoms with Crippen molar-refractivity contribution >= 4 is 23.9 Å². The summed E-state index contributed by atoms with van der Waals surface area (Å²) < 4.78 is 37.3. The molecule has 2 aliphatic rings. The van der Waals surface area contributed by atoms with Gasteiger partial charge in [-0.2, -0.15) is 0 Å². The van der Waals surface area contributed by atoms with E-state index >= 15 is 0 Å². The van der Waals surface area contributed by atoms with E-state index in [0.717, 1.165) is 20.8 Å². The van der Waals surface area contributed by atoms with Crippen molar-refractivity contribution < 1.29 is 57.4 Å². The van der Waals surface area contributed by atoms with E-state index in [-0.39, 0.29) is 32.0 Å².